The lowest BCUT2D eigenvalue weighted by atomic mass is 10.0. The first kappa shape index (κ1) is 18.1. The molecule has 0 radical (unpaired) electrons. The first-order valence-corrected chi connectivity index (χ1v) is 9.25. The highest BCUT2D eigenvalue weighted by Gasteiger charge is 2.17. The molecule has 0 unspecified atom stereocenters. The van der Waals surface area contributed by atoms with E-state index < -0.39 is 0 Å². The lowest BCUT2D eigenvalue weighted by molar-refractivity contribution is -0.117. The summed E-state index contributed by atoms with van der Waals surface area (Å²) in [6.45, 7) is 3.97. The maximum absolute atomic E-state index is 12.2. The molecular formula is C20H23N7O. The van der Waals surface area contributed by atoms with Gasteiger partial charge in [0.15, 0.2) is 5.82 Å². The highest BCUT2D eigenvalue weighted by molar-refractivity contribution is 5.92. The number of hydrogen-bond acceptors (Lipinski definition) is 5. The molecule has 1 aliphatic rings. The summed E-state index contributed by atoms with van der Waals surface area (Å²) in [7, 11) is 1.82. The van der Waals surface area contributed by atoms with Gasteiger partial charge in [0.2, 0.25) is 5.91 Å². The van der Waals surface area contributed by atoms with Crippen LogP contribution in [0.5, 0.6) is 0 Å². The minimum Gasteiger partial charge on any atom is -0.322 e. The van der Waals surface area contributed by atoms with Crippen LogP contribution in [0, 0.1) is 6.92 Å². The number of carbonyl (C=O) groups excluding carboxylic acids is 1. The average Bonchev–Trinajstić information content (AvgIpc) is 3.32. The Morgan fingerprint density at radius 2 is 2.14 bits per heavy atom. The molecule has 0 aromatic carbocycles. The quantitative estimate of drug-likeness (QED) is 0.736. The Morgan fingerprint density at radius 3 is 2.86 bits per heavy atom. The Hall–Kier alpha value is -3.26. The van der Waals surface area contributed by atoms with Crippen molar-refractivity contribution >= 4 is 17.2 Å². The van der Waals surface area contributed by atoms with E-state index in [2.05, 4.69) is 31.5 Å². The van der Waals surface area contributed by atoms with Crippen molar-refractivity contribution in [1.82, 2.24) is 29.4 Å². The van der Waals surface area contributed by atoms with E-state index in [0.717, 1.165) is 42.1 Å². The predicted octanol–water partition coefficient (Wildman–Crippen LogP) is 2.04. The van der Waals surface area contributed by atoms with Gasteiger partial charge in [-0.05, 0) is 30.5 Å². The zero-order valence-corrected chi connectivity index (χ0v) is 16.0. The molecule has 3 aromatic heterocycles. The highest BCUT2D eigenvalue weighted by Crippen LogP contribution is 2.23. The Labute approximate surface area is 163 Å². The van der Waals surface area contributed by atoms with Crippen LogP contribution in [0.4, 0.5) is 5.69 Å². The molecule has 0 saturated heterocycles. The van der Waals surface area contributed by atoms with Crippen molar-refractivity contribution in [2.45, 2.75) is 13.3 Å². The number of rotatable bonds is 5. The number of pyridine rings is 1. The number of anilines is 1. The number of amides is 1. The average molecular weight is 377 g/mol. The van der Waals surface area contributed by atoms with E-state index in [1.165, 1.54) is 5.57 Å². The normalized spacial score (nSPS) is 14.7. The summed E-state index contributed by atoms with van der Waals surface area (Å²) in [5, 5.41) is 11.4. The molecule has 0 fully saturated rings. The molecular weight excluding hydrogens is 354 g/mol. The van der Waals surface area contributed by atoms with Crippen molar-refractivity contribution in [3.63, 3.8) is 0 Å². The van der Waals surface area contributed by atoms with E-state index in [4.69, 9.17) is 0 Å². The van der Waals surface area contributed by atoms with Crippen LogP contribution in [-0.4, -0.2) is 55.0 Å². The van der Waals surface area contributed by atoms with Crippen LogP contribution in [0.3, 0.4) is 0 Å². The third-order valence-corrected chi connectivity index (χ3v) is 4.80. The summed E-state index contributed by atoms with van der Waals surface area (Å²) in [6.07, 6.45) is 12.2. The number of hydrogen-bond donors (Lipinski definition) is 1. The Bertz CT molecular complexity index is 1020. The fourth-order valence-corrected chi connectivity index (χ4v) is 3.33. The van der Waals surface area contributed by atoms with E-state index in [1.807, 2.05) is 43.2 Å². The van der Waals surface area contributed by atoms with Crippen LogP contribution < -0.4 is 5.32 Å². The SMILES string of the molecule is Cc1cccnc1-n1cc(C2=CCN(CC(=O)Nc3cnn(C)c3)CC2)cn1. The van der Waals surface area contributed by atoms with E-state index >= 15 is 0 Å². The molecule has 1 N–H and O–H groups in total. The standard InChI is InChI=1S/C20H23N7O/c1-15-4-3-7-21-20(15)27-12-17(10-23-27)16-5-8-26(9-6-16)14-19(28)24-18-11-22-25(2)13-18/h3-5,7,10-13H,6,8-9,14H2,1-2H3,(H,24,28). The lowest BCUT2D eigenvalue weighted by Gasteiger charge is -2.25. The third kappa shape index (κ3) is 4.01. The molecule has 1 amide bonds. The molecule has 1 aliphatic heterocycles. The molecule has 28 heavy (non-hydrogen) atoms. The zero-order valence-electron chi connectivity index (χ0n) is 16.0. The molecule has 4 rings (SSSR count). The van der Waals surface area contributed by atoms with Gasteiger partial charge in [-0.15, -0.1) is 0 Å². The lowest BCUT2D eigenvalue weighted by Crippen LogP contribution is -2.36. The van der Waals surface area contributed by atoms with Gasteiger partial charge in [0, 0.05) is 44.3 Å². The molecule has 0 atom stereocenters. The smallest absolute Gasteiger partial charge is 0.238 e. The Kier molecular flexibility index (Phi) is 5.03. The van der Waals surface area contributed by atoms with Crippen molar-refractivity contribution in [1.29, 1.82) is 0 Å². The minimum absolute atomic E-state index is 0.0247. The Morgan fingerprint density at radius 1 is 1.25 bits per heavy atom. The van der Waals surface area contributed by atoms with Crippen molar-refractivity contribution < 1.29 is 4.79 Å². The first-order valence-electron chi connectivity index (χ1n) is 9.25. The van der Waals surface area contributed by atoms with Crippen LogP contribution in [-0.2, 0) is 11.8 Å². The minimum atomic E-state index is -0.0247. The topological polar surface area (TPSA) is 80.9 Å². The summed E-state index contributed by atoms with van der Waals surface area (Å²) in [6, 6.07) is 3.95. The van der Waals surface area contributed by atoms with Gasteiger partial charge >= 0.3 is 0 Å². The van der Waals surface area contributed by atoms with Crippen molar-refractivity contribution in [2.75, 3.05) is 25.0 Å². The summed E-state index contributed by atoms with van der Waals surface area (Å²) in [5.41, 5.74) is 4.16. The Balaban J connectivity index is 1.36. The van der Waals surface area contributed by atoms with E-state index in [0.29, 0.717) is 6.54 Å². The third-order valence-electron chi connectivity index (χ3n) is 4.80. The highest BCUT2D eigenvalue weighted by atomic mass is 16.2. The fraction of sp³-hybridized carbons (Fsp3) is 0.300. The summed E-state index contributed by atoms with van der Waals surface area (Å²) < 4.78 is 3.48. The summed E-state index contributed by atoms with van der Waals surface area (Å²) in [4.78, 5) is 18.7. The second-order valence-electron chi connectivity index (χ2n) is 6.98. The molecule has 4 heterocycles. The molecule has 0 saturated carbocycles. The van der Waals surface area contributed by atoms with Gasteiger partial charge in [0.25, 0.3) is 0 Å². The maximum atomic E-state index is 12.2. The van der Waals surface area contributed by atoms with Crippen LogP contribution in [0.15, 0.2) is 49.2 Å². The van der Waals surface area contributed by atoms with Crippen LogP contribution in [0.1, 0.15) is 17.5 Å². The first-order chi connectivity index (χ1) is 13.6. The molecule has 0 spiro atoms. The maximum Gasteiger partial charge on any atom is 0.238 e. The second kappa shape index (κ2) is 7.77. The summed E-state index contributed by atoms with van der Waals surface area (Å²) >= 11 is 0. The van der Waals surface area contributed by atoms with Crippen LogP contribution >= 0.6 is 0 Å². The number of nitrogens with zero attached hydrogens (tertiary/aromatic N) is 6. The zero-order chi connectivity index (χ0) is 19.5. The molecule has 8 heteroatoms. The largest absolute Gasteiger partial charge is 0.322 e. The molecule has 8 nitrogen and oxygen atoms in total. The van der Waals surface area contributed by atoms with Gasteiger partial charge in [-0.1, -0.05) is 12.1 Å². The molecule has 144 valence electrons. The van der Waals surface area contributed by atoms with Crippen molar-refractivity contribution in [2.24, 2.45) is 7.05 Å². The number of nitrogens with one attached hydrogen (secondary N) is 1. The van der Waals surface area contributed by atoms with Gasteiger partial charge in [-0.25, -0.2) is 9.67 Å². The number of carbonyl (C=O) groups is 1. The van der Waals surface area contributed by atoms with E-state index in [1.54, 1.807) is 23.3 Å². The molecule has 3 aromatic rings. The fourth-order valence-electron chi connectivity index (χ4n) is 3.33. The van der Waals surface area contributed by atoms with Gasteiger partial charge < -0.3 is 5.32 Å². The van der Waals surface area contributed by atoms with E-state index in [-0.39, 0.29) is 5.91 Å². The van der Waals surface area contributed by atoms with Gasteiger partial charge in [0.05, 0.1) is 24.6 Å². The van der Waals surface area contributed by atoms with Gasteiger partial charge in [-0.3, -0.25) is 14.4 Å². The molecule has 0 bridgehead atoms. The van der Waals surface area contributed by atoms with Gasteiger partial charge in [0.1, 0.15) is 0 Å². The van der Waals surface area contributed by atoms with Crippen molar-refractivity contribution in [3.05, 3.63) is 60.3 Å². The number of aromatic nitrogens is 5. The second-order valence-corrected chi connectivity index (χ2v) is 6.98. The van der Waals surface area contributed by atoms with Crippen molar-refractivity contribution in [3.8, 4) is 5.82 Å². The van der Waals surface area contributed by atoms with Crippen LogP contribution in [0.2, 0.25) is 0 Å². The van der Waals surface area contributed by atoms with E-state index in [9.17, 15) is 4.79 Å². The monoisotopic (exact) mass is 377 g/mol. The predicted molar refractivity (Wildman–Crippen MR) is 107 cm³/mol. The summed E-state index contributed by atoms with van der Waals surface area (Å²) in [5.74, 6) is 0.821. The number of aryl methyl sites for hydroxylation is 2. The van der Waals surface area contributed by atoms with Gasteiger partial charge in [-0.2, -0.15) is 10.2 Å². The van der Waals surface area contributed by atoms with Crippen LogP contribution in [0.25, 0.3) is 11.4 Å². The molecule has 0 aliphatic carbocycles.